The predicted octanol–water partition coefficient (Wildman–Crippen LogP) is 3.80. The first-order valence-electron chi connectivity index (χ1n) is 5.88. The summed E-state index contributed by atoms with van der Waals surface area (Å²) >= 11 is 0. The molecule has 0 N–H and O–H groups in total. The van der Waals surface area contributed by atoms with Crippen LogP contribution in [0.3, 0.4) is 0 Å². The molecule has 2 atom stereocenters. The van der Waals surface area contributed by atoms with Crippen LogP contribution in [0.15, 0.2) is 63.9 Å². The largest absolute Gasteiger partial charge is 0.236 e. The van der Waals surface area contributed by atoms with E-state index in [1.807, 2.05) is 25.1 Å². The lowest BCUT2D eigenvalue weighted by Gasteiger charge is -2.02. The van der Waals surface area contributed by atoms with E-state index < -0.39 is 17.2 Å². The fourth-order valence-electron chi connectivity index (χ4n) is 1.55. The predicted molar refractivity (Wildman–Crippen MR) is 76.4 cm³/mol. The first kappa shape index (κ1) is 13.6. The van der Waals surface area contributed by atoms with Crippen molar-refractivity contribution in [3.63, 3.8) is 0 Å². The van der Waals surface area contributed by atoms with Crippen molar-refractivity contribution in [1.29, 1.82) is 0 Å². The van der Waals surface area contributed by atoms with Gasteiger partial charge in [0.15, 0.2) is 17.2 Å². The Labute approximate surface area is 114 Å². The Morgan fingerprint density at radius 2 is 1.74 bits per heavy atom. The van der Waals surface area contributed by atoms with Gasteiger partial charge in [0.1, 0.15) is 0 Å². The van der Waals surface area contributed by atoms with Gasteiger partial charge in [-0.05, 0) is 24.6 Å². The lowest BCUT2D eigenvalue weighted by Crippen LogP contribution is -1.95. The molecule has 2 rings (SSSR count). The molecule has 98 valence electrons. The second-order valence-electron chi connectivity index (χ2n) is 4.13. The molecule has 0 saturated heterocycles. The van der Waals surface area contributed by atoms with E-state index in [2.05, 4.69) is 4.40 Å². The zero-order valence-electron chi connectivity index (χ0n) is 10.5. The van der Waals surface area contributed by atoms with Gasteiger partial charge in [0.25, 0.3) is 0 Å². The second-order valence-corrected chi connectivity index (χ2v) is 5.31. The zero-order valence-corrected chi connectivity index (χ0v) is 11.3. The second kappa shape index (κ2) is 6.38. The summed E-state index contributed by atoms with van der Waals surface area (Å²) < 4.78 is 29.4. The molecule has 4 heteroatoms. The quantitative estimate of drug-likeness (QED) is 0.780. The van der Waals surface area contributed by atoms with Crippen molar-refractivity contribution < 1.29 is 8.60 Å². The van der Waals surface area contributed by atoms with Crippen LogP contribution < -0.4 is 0 Å². The van der Waals surface area contributed by atoms with Gasteiger partial charge in [-0.1, -0.05) is 48.0 Å². The van der Waals surface area contributed by atoms with E-state index in [4.69, 9.17) is 0 Å². The maximum Gasteiger partial charge on any atom is 0.172 e. The van der Waals surface area contributed by atoms with Gasteiger partial charge in [-0.2, -0.15) is 4.40 Å². The van der Waals surface area contributed by atoms with Gasteiger partial charge >= 0.3 is 0 Å². The summed E-state index contributed by atoms with van der Waals surface area (Å²) in [6.07, 6.45) is -0.249. The molecule has 0 heterocycles. The molecule has 2 aromatic rings. The number of aryl methyl sites for hydroxylation is 1. The van der Waals surface area contributed by atoms with E-state index in [-0.39, 0.29) is 0 Å². The minimum atomic E-state index is -1.56. The van der Waals surface area contributed by atoms with Crippen LogP contribution in [-0.2, 0) is 11.0 Å². The van der Waals surface area contributed by atoms with Gasteiger partial charge < -0.3 is 0 Å². The molecule has 0 amide bonds. The van der Waals surface area contributed by atoms with E-state index in [1.54, 1.807) is 36.4 Å². The smallest absolute Gasteiger partial charge is 0.172 e. The van der Waals surface area contributed by atoms with Gasteiger partial charge in [0.05, 0.1) is 11.1 Å². The van der Waals surface area contributed by atoms with Crippen LogP contribution in [0.2, 0.25) is 0 Å². The highest BCUT2D eigenvalue weighted by atomic mass is 32.2. The zero-order chi connectivity index (χ0) is 13.7. The van der Waals surface area contributed by atoms with Crippen molar-refractivity contribution in [1.82, 2.24) is 0 Å². The third kappa shape index (κ3) is 3.83. The number of alkyl halides is 1. The number of nitrogens with zero attached hydrogens (tertiary/aromatic N) is 1. The molecule has 1 unspecified atom stereocenters. The van der Waals surface area contributed by atoms with Gasteiger partial charge in [-0.15, -0.1) is 0 Å². The first-order valence-corrected chi connectivity index (χ1v) is 6.99. The van der Waals surface area contributed by atoms with Crippen LogP contribution in [-0.4, -0.2) is 10.4 Å². The van der Waals surface area contributed by atoms with Crippen LogP contribution in [0.25, 0.3) is 0 Å². The Kier molecular flexibility index (Phi) is 4.58. The topological polar surface area (TPSA) is 29.4 Å². The molecule has 0 saturated carbocycles. The maximum absolute atomic E-state index is 13.8. The van der Waals surface area contributed by atoms with Crippen LogP contribution in [0.5, 0.6) is 0 Å². The molecule has 0 aliphatic heterocycles. The molecular formula is C15H14FNOS. The van der Waals surface area contributed by atoms with Gasteiger partial charge in [0.2, 0.25) is 0 Å². The van der Waals surface area contributed by atoms with E-state index in [1.165, 1.54) is 0 Å². The van der Waals surface area contributed by atoms with Gasteiger partial charge in [-0.25, -0.2) is 8.60 Å². The Bertz CT molecular complexity index is 581. The molecule has 0 aliphatic carbocycles. The molecule has 2 aromatic carbocycles. The third-order valence-electron chi connectivity index (χ3n) is 2.63. The van der Waals surface area contributed by atoms with E-state index in [9.17, 15) is 8.60 Å². The highest BCUT2D eigenvalue weighted by Gasteiger charge is 2.07. The Balaban J connectivity index is 2.06. The van der Waals surface area contributed by atoms with Crippen molar-refractivity contribution in [2.24, 2.45) is 4.40 Å². The normalized spacial score (nSPS) is 14.4. The fraction of sp³-hybridized carbons (Fsp3) is 0.133. The Hall–Kier alpha value is -1.81. The standard InChI is InChI=1S/C15H14FNOS/c1-12-7-9-14(10-8-12)19(18)17-11-15(16)13-5-3-2-4-6-13/h2-11,15H,1H3/b17-11+/t15-,19?/m1/s1. The lowest BCUT2D eigenvalue weighted by molar-refractivity contribution is 0.447. The SMILES string of the molecule is Cc1ccc(S(=O)/N=C/[C@@H](F)c2ccccc2)cc1. The number of hydrogen-bond acceptors (Lipinski definition) is 1. The summed E-state index contributed by atoms with van der Waals surface area (Å²) in [5, 5.41) is 0. The van der Waals surface area contributed by atoms with Crippen LogP contribution >= 0.6 is 0 Å². The van der Waals surface area contributed by atoms with E-state index >= 15 is 0 Å². The van der Waals surface area contributed by atoms with E-state index in [0.29, 0.717) is 10.5 Å². The number of hydrogen-bond donors (Lipinski definition) is 0. The summed E-state index contributed by atoms with van der Waals surface area (Å²) in [7, 11) is -1.56. The van der Waals surface area contributed by atoms with Gasteiger partial charge in [0, 0.05) is 0 Å². The molecule has 0 bridgehead atoms. The third-order valence-corrected chi connectivity index (χ3v) is 3.62. The average molecular weight is 275 g/mol. The fourth-order valence-corrected chi connectivity index (χ4v) is 2.26. The van der Waals surface area contributed by atoms with Crippen molar-refractivity contribution in [2.45, 2.75) is 18.0 Å². The molecular weight excluding hydrogens is 261 g/mol. The molecule has 19 heavy (non-hydrogen) atoms. The molecule has 0 spiro atoms. The molecule has 0 fully saturated rings. The molecule has 0 aliphatic rings. The molecule has 2 nitrogen and oxygen atoms in total. The Morgan fingerprint density at radius 1 is 1.11 bits per heavy atom. The molecule has 0 aromatic heterocycles. The lowest BCUT2D eigenvalue weighted by atomic mass is 10.1. The van der Waals surface area contributed by atoms with Crippen molar-refractivity contribution in [2.75, 3.05) is 0 Å². The van der Waals surface area contributed by atoms with Crippen LogP contribution in [0.1, 0.15) is 17.3 Å². The minimum Gasteiger partial charge on any atom is -0.236 e. The number of benzene rings is 2. The van der Waals surface area contributed by atoms with Crippen molar-refractivity contribution in [3.05, 3.63) is 65.7 Å². The summed E-state index contributed by atoms with van der Waals surface area (Å²) in [6.45, 7) is 1.95. The highest BCUT2D eigenvalue weighted by molar-refractivity contribution is 7.83. The van der Waals surface area contributed by atoms with Gasteiger partial charge in [-0.3, -0.25) is 0 Å². The average Bonchev–Trinajstić information content (AvgIpc) is 2.46. The van der Waals surface area contributed by atoms with Crippen molar-refractivity contribution in [3.8, 4) is 0 Å². The first-order chi connectivity index (χ1) is 9.16. The maximum atomic E-state index is 13.8. The summed E-state index contributed by atoms with van der Waals surface area (Å²) in [5.41, 5.74) is 1.59. The summed E-state index contributed by atoms with van der Waals surface area (Å²) in [6, 6.07) is 15.9. The Morgan fingerprint density at radius 3 is 2.37 bits per heavy atom. The minimum absolute atomic E-state index is 0.507. The highest BCUT2D eigenvalue weighted by Crippen LogP contribution is 2.15. The number of halogens is 1. The van der Waals surface area contributed by atoms with Crippen molar-refractivity contribution >= 4 is 17.2 Å². The van der Waals surface area contributed by atoms with E-state index in [0.717, 1.165) is 11.8 Å². The molecule has 0 radical (unpaired) electrons. The van der Waals surface area contributed by atoms with Crippen LogP contribution in [0.4, 0.5) is 4.39 Å². The van der Waals surface area contributed by atoms with Crippen LogP contribution in [0, 0.1) is 6.92 Å². The number of rotatable bonds is 4. The summed E-state index contributed by atoms with van der Waals surface area (Å²) in [4.78, 5) is 0.571. The monoisotopic (exact) mass is 275 g/mol. The summed E-state index contributed by atoms with van der Waals surface area (Å²) in [5.74, 6) is 0.